The van der Waals surface area contributed by atoms with Crippen LogP contribution in [-0.2, 0) is 6.42 Å². The van der Waals surface area contributed by atoms with Crippen LogP contribution in [0.4, 0.5) is 5.69 Å². The van der Waals surface area contributed by atoms with Gasteiger partial charge in [0.25, 0.3) is 0 Å². The predicted octanol–water partition coefficient (Wildman–Crippen LogP) is 2.75. The number of thiol groups is 1. The summed E-state index contributed by atoms with van der Waals surface area (Å²) in [5, 5.41) is 3.74. The molecule has 0 aromatic heterocycles. The molecule has 0 spiro atoms. The zero-order valence-electron chi connectivity index (χ0n) is 8.46. The number of anilines is 1. The van der Waals surface area contributed by atoms with Gasteiger partial charge in [-0.3, -0.25) is 0 Å². The van der Waals surface area contributed by atoms with E-state index in [4.69, 9.17) is 5.73 Å². The summed E-state index contributed by atoms with van der Waals surface area (Å²) >= 11 is 4.14. The summed E-state index contributed by atoms with van der Waals surface area (Å²) in [7, 11) is 0. The third-order valence-corrected chi connectivity index (χ3v) is 2.61. The lowest BCUT2D eigenvalue weighted by molar-refractivity contribution is 0.973. The minimum Gasteiger partial charge on any atom is -0.398 e. The van der Waals surface area contributed by atoms with Crippen molar-refractivity contribution in [3.8, 4) is 0 Å². The average molecular weight is 218 g/mol. The minimum absolute atomic E-state index is 0.627. The number of allylic oxidation sites excluding steroid dienone is 1. The van der Waals surface area contributed by atoms with Gasteiger partial charge < -0.3 is 11.1 Å². The molecule has 1 aliphatic rings. The number of nitrogens with one attached hydrogen (secondary N) is 1. The van der Waals surface area contributed by atoms with Crippen LogP contribution in [0.1, 0.15) is 17.5 Å². The van der Waals surface area contributed by atoms with Gasteiger partial charge in [0.05, 0.1) is 5.03 Å². The Morgan fingerprint density at radius 3 is 3.00 bits per heavy atom. The highest BCUT2D eigenvalue weighted by molar-refractivity contribution is 7.84. The van der Waals surface area contributed by atoms with Gasteiger partial charge in [-0.05, 0) is 24.5 Å². The molecule has 0 saturated carbocycles. The van der Waals surface area contributed by atoms with Gasteiger partial charge in [0.15, 0.2) is 0 Å². The second-order valence-corrected chi connectivity index (χ2v) is 4.15. The van der Waals surface area contributed by atoms with Crippen molar-refractivity contribution < 1.29 is 0 Å². The fourth-order valence-electron chi connectivity index (χ4n) is 1.89. The van der Waals surface area contributed by atoms with Gasteiger partial charge in [-0.15, -0.1) is 12.6 Å². The number of fused-ring (bicyclic) bond motifs is 1. The van der Waals surface area contributed by atoms with Gasteiger partial charge in [-0.25, -0.2) is 0 Å². The molecule has 0 aliphatic heterocycles. The first-order chi connectivity index (χ1) is 7.18. The SMILES string of the molecule is C=C(S)Nc1cccc2c1C(N)=CCC2. The zero-order chi connectivity index (χ0) is 10.8. The molecule has 0 radical (unpaired) electrons. The summed E-state index contributed by atoms with van der Waals surface area (Å²) in [5.74, 6) is 0. The van der Waals surface area contributed by atoms with Crippen LogP contribution in [0.25, 0.3) is 5.70 Å². The molecule has 15 heavy (non-hydrogen) atoms. The fourth-order valence-corrected chi connectivity index (χ4v) is 2.01. The number of aryl methyl sites for hydroxylation is 1. The Balaban J connectivity index is 2.49. The van der Waals surface area contributed by atoms with Crippen LogP contribution in [0, 0.1) is 0 Å². The van der Waals surface area contributed by atoms with Crippen molar-refractivity contribution in [2.24, 2.45) is 5.73 Å². The highest BCUT2D eigenvalue weighted by Gasteiger charge is 2.13. The third-order valence-electron chi connectivity index (χ3n) is 2.50. The lowest BCUT2D eigenvalue weighted by atomic mass is 9.93. The summed E-state index contributed by atoms with van der Waals surface area (Å²) in [6.45, 7) is 3.72. The van der Waals surface area contributed by atoms with Crippen molar-refractivity contribution in [3.63, 3.8) is 0 Å². The van der Waals surface area contributed by atoms with Crippen LogP contribution >= 0.6 is 12.6 Å². The van der Waals surface area contributed by atoms with E-state index in [1.165, 1.54) is 5.56 Å². The molecular formula is C12H14N2S. The summed E-state index contributed by atoms with van der Waals surface area (Å²) in [6, 6.07) is 6.13. The maximum Gasteiger partial charge on any atom is 0.0621 e. The molecule has 78 valence electrons. The Bertz CT molecular complexity index is 435. The van der Waals surface area contributed by atoms with E-state index in [-0.39, 0.29) is 0 Å². The molecular weight excluding hydrogens is 204 g/mol. The molecule has 2 rings (SSSR count). The van der Waals surface area contributed by atoms with Crippen molar-refractivity contribution in [1.29, 1.82) is 0 Å². The second-order valence-electron chi connectivity index (χ2n) is 3.61. The van der Waals surface area contributed by atoms with Crippen molar-refractivity contribution >= 4 is 24.0 Å². The van der Waals surface area contributed by atoms with Crippen LogP contribution in [0.2, 0.25) is 0 Å². The first-order valence-corrected chi connectivity index (χ1v) is 5.36. The molecule has 0 bridgehead atoms. The second kappa shape index (κ2) is 4.03. The highest BCUT2D eigenvalue weighted by atomic mass is 32.1. The Morgan fingerprint density at radius 2 is 2.27 bits per heavy atom. The maximum atomic E-state index is 5.99. The van der Waals surface area contributed by atoms with E-state index in [0.717, 1.165) is 29.8 Å². The molecule has 0 heterocycles. The molecule has 0 atom stereocenters. The van der Waals surface area contributed by atoms with E-state index < -0.39 is 0 Å². The number of nitrogens with two attached hydrogens (primary N) is 1. The molecule has 0 amide bonds. The molecule has 0 fully saturated rings. The monoisotopic (exact) mass is 218 g/mol. The topological polar surface area (TPSA) is 38.0 Å². The molecule has 0 saturated heterocycles. The third kappa shape index (κ3) is 2.02. The van der Waals surface area contributed by atoms with Crippen molar-refractivity contribution in [2.75, 3.05) is 5.32 Å². The number of benzene rings is 1. The molecule has 3 heteroatoms. The molecule has 1 aromatic rings. The molecule has 3 N–H and O–H groups in total. The van der Waals surface area contributed by atoms with E-state index in [9.17, 15) is 0 Å². The Morgan fingerprint density at radius 1 is 1.47 bits per heavy atom. The largest absolute Gasteiger partial charge is 0.398 e. The van der Waals surface area contributed by atoms with Crippen molar-refractivity contribution in [1.82, 2.24) is 0 Å². The molecule has 1 aromatic carbocycles. The standard InChI is InChI=1S/C12H14N2S/c1-8(15)14-11-7-3-5-9-4-2-6-10(13)12(9)11/h3,5-7,14-15H,1-2,4,13H2. The molecule has 2 nitrogen and oxygen atoms in total. The average Bonchev–Trinajstić information content (AvgIpc) is 2.17. The van der Waals surface area contributed by atoms with Crippen molar-refractivity contribution in [2.45, 2.75) is 12.8 Å². The summed E-state index contributed by atoms with van der Waals surface area (Å²) in [4.78, 5) is 0. The summed E-state index contributed by atoms with van der Waals surface area (Å²) in [5.41, 5.74) is 10.2. The van der Waals surface area contributed by atoms with Crippen LogP contribution in [0.3, 0.4) is 0 Å². The molecule has 1 aliphatic carbocycles. The van der Waals surface area contributed by atoms with E-state index >= 15 is 0 Å². The van der Waals surface area contributed by atoms with Gasteiger partial charge >= 0.3 is 0 Å². The highest BCUT2D eigenvalue weighted by Crippen LogP contribution is 2.30. The predicted molar refractivity (Wildman–Crippen MR) is 68.7 cm³/mol. The van der Waals surface area contributed by atoms with E-state index in [0.29, 0.717) is 5.03 Å². The minimum atomic E-state index is 0.627. The van der Waals surface area contributed by atoms with Crippen LogP contribution < -0.4 is 11.1 Å². The van der Waals surface area contributed by atoms with Crippen LogP contribution in [-0.4, -0.2) is 0 Å². The smallest absolute Gasteiger partial charge is 0.0621 e. The zero-order valence-corrected chi connectivity index (χ0v) is 9.35. The number of rotatable bonds is 2. The summed E-state index contributed by atoms with van der Waals surface area (Å²) < 4.78 is 0. The van der Waals surface area contributed by atoms with Crippen LogP contribution in [0.15, 0.2) is 35.9 Å². The summed E-state index contributed by atoms with van der Waals surface area (Å²) in [6.07, 6.45) is 4.13. The quantitative estimate of drug-likeness (QED) is 0.668. The van der Waals surface area contributed by atoms with Gasteiger partial charge in [-0.1, -0.05) is 24.8 Å². The number of hydrogen-bond acceptors (Lipinski definition) is 3. The lowest BCUT2D eigenvalue weighted by Crippen LogP contribution is -2.09. The van der Waals surface area contributed by atoms with Gasteiger partial charge in [0.1, 0.15) is 0 Å². The Kier molecular flexibility index (Phi) is 2.73. The number of hydrogen-bond donors (Lipinski definition) is 3. The first kappa shape index (κ1) is 10.2. The van der Waals surface area contributed by atoms with E-state index in [2.05, 4.69) is 36.7 Å². The Labute approximate surface area is 95.3 Å². The normalized spacial score (nSPS) is 14.1. The fraction of sp³-hybridized carbons (Fsp3) is 0.167. The van der Waals surface area contributed by atoms with E-state index in [1.807, 2.05) is 12.1 Å². The van der Waals surface area contributed by atoms with Crippen molar-refractivity contribution in [3.05, 3.63) is 47.0 Å². The van der Waals surface area contributed by atoms with Gasteiger partial charge in [0.2, 0.25) is 0 Å². The first-order valence-electron chi connectivity index (χ1n) is 4.91. The lowest BCUT2D eigenvalue weighted by Gasteiger charge is -2.19. The van der Waals surface area contributed by atoms with Gasteiger partial charge in [-0.2, -0.15) is 0 Å². The van der Waals surface area contributed by atoms with Crippen LogP contribution in [0.5, 0.6) is 0 Å². The van der Waals surface area contributed by atoms with E-state index in [1.54, 1.807) is 0 Å². The molecule has 0 unspecified atom stereocenters. The maximum absolute atomic E-state index is 5.99. The Hall–Kier alpha value is -1.35. The van der Waals surface area contributed by atoms with Gasteiger partial charge in [0, 0.05) is 16.9 Å².